The van der Waals surface area contributed by atoms with Crippen LogP contribution in [-0.4, -0.2) is 29.6 Å². The lowest BCUT2D eigenvalue weighted by Crippen LogP contribution is -2.34. The maximum absolute atomic E-state index is 13.2. The summed E-state index contributed by atoms with van der Waals surface area (Å²) >= 11 is 7.69. The van der Waals surface area contributed by atoms with Crippen LogP contribution in [0.1, 0.15) is 11.3 Å². The van der Waals surface area contributed by atoms with Crippen LogP contribution < -0.4 is 14.4 Å². The molecule has 0 saturated heterocycles. The van der Waals surface area contributed by atoms with E-state index in [0.29, 0.717) is 21.7 Å². The van der Waals surface area contributed by atoms with Gasteiger partial charge in [0, 0.05) is 17.3 Å². The van der Waals surface area contributed by atoms with E-state index in [9.17, 15) is 4.79 Å². The zero-order valence-electron chi connectivity index (χ0n) is 17.0. The number of rotatable bonds is 7. The molecule has 0 fully saturated rings. The van der Waals surface area contributed by atoms with Gasteiger partial charge in [-0.3, -0.25) is 14.7 Å². The van der Waals surface area contributed by atoms with E-state index in [0.717, 1.165) is 21.5 Å². The van der Waals surface area contributed by atoms with Gasteiger partial charge in [-0.15, -0.1) is 0 Å². The number of ether oxygens (including phenoxy) is 2. The summed E-state index contributed by atoms with van der Waals surface area (Å²) in [5, 5.41) is 1.22. The molecule has 0 spiro atoms. The van der Waals surface area contributed by atoms with E-state index in [1.54, 1.807) is 30.3 Å². The highest BCUT2D eigenvalue weighted by Crippen LogP contribution is 2.34. The molecule has 2 heterocycles. The largest absolute Gasteiger partial charge is 0.497 e. The highest BCUT2D eigenvalue weighted by atomic mass is 35.5. The summed E-state index contributed by atoms with van der Waals surface area (Å²) in [4.78, 5) is 23.9. The maximum Gasteiger partial charge on any atom is 0.267 e. The number of pyridine rings is 1. The Morgan fingerprint density at radius 2 is 1.97 bits per heavy atom. The first-order valence-corrected chi connectivity index (χ1v) is 10.8. The fourth-order valence-electron chi connectivity index (χ4n) is 3.03. The molecule has 1 amide bonds. The van der Waals surface area contributed by atoms with Crippen molar-refractivity contribution < 1.29 is 14.3 Å². The summed E-state index contributed by atoms with van der Waals surface area (Å²) in [7, 11) is 1.58. The van der Waals surface area contributed by atoms with Crippen molar-refractivity contribution in [3.63, 3.8) is 0 Å². The number of methoxy groups -OCH3 is 1. The highest BCUT2D eigenvalue weighted by molar-refractivity contribution is 7.22. The number of fused-ring (bicyclic) bond motifs is 1. The van der Waals surface area contributed by atoms with E-state index in [-0.39, 0.29) is 19.1 Å². The van der Waals surface area contributed by atoms with E-state index in [1.807, 2.05) is 49.4 Å². The van der Waals surface area contributed by atoms with Crippen LogP contribution in [0.25, 0.3) is 10.2 Å². The second-order valence-electron chi connectivity index (χ2n) is 6.78. The van der Waals surface area contributed by atoms with Crippen molar-refractivity contribution in [2.24, 2.45) is 0 Å². The molecule has 8 heteroatoms. The van der Waals surface area contributed by atoms with Crippen LogP contribution in [0, 0.1) is 6.92 Å². The molecule has 158 valence electrons. The maximum atomic E-state index is 13.2. The first-order valence-electron chi connectivity index (χ1n) is 9.58. The number of aromatic nitrogens is 2. The average Bonchev–Trinajstić information content (AvgIpc) is 3.24. The number of carbonyl (C=O) groups is 1. The quantitative estimate of drug-likeness (QED) is 0.381. The number of halogens is 1. The molecule has 6 nitrogen and oxygen atoms in total. The van der Waals surface area contributed by atoms with Crippen LogP contribution >= 0.6 is 22.9 Å². The summed E-state index contributed by atoms with van der Waals surface area (Å²) in [6.45, 7) is 2.06. The van der Waals surface area contributed by atoms with Crippen LogP contribution in [-0.2, 0) is 11.3 Å². The molecular formula is C23H20ClN3O3S. The summed E-state index contributed by atoms with van der Waals surface area (Å²) in [6, 6.07) is 16.5. The third kappa shape index (κ3) is 4.78. The molecule has 0 radical (unpaired) electrons. The van der Waals surface area contributed by atoms with Gasteiger partial charge in [0.25, 0.3) is 5.91 Å². The monoisotopic (exact) mass is 453 g/mol. The second-order valence-corrected chi connectivity index (χ2v) is 8.20. The number of anilines is 1. The number of aryl methyl sites for hydroxylation is 1. The van der Waals surface area contributed by atoms with Crippen molar-refractivity contribution in [2.45, 2.75) is 13.5 Å². The lowest BCUT2D eigenvalue weighted by atomic mass is 10.2. The van der Waals surface area contributed by atoms with Crippen LogP contribution in [0.3, 0.4) is 0 Å². The predicted molar refractivity (Wildman–Crippen MR) is 123 cm³/mol. The Morgan fingerprint density at radius 3 is 2.74 bits per heavy atom. The number of thiazole rings is 1. The van der Waals surface area contributed by atoms with Crippen LogP contribution in [0.5, 0.6) is 11.5 Å². The van der Waals surface area contributed by atoms with E-state index in [1.165, 1.54) is 11.3 Å². The lowest BCUT2D eigenvalue weighted by molar-refractivity contribution is -0.120. The molecule has 0 unspecified atom stereocenters. The smallest absolute Gasteiger partial charge is 0.267 e. The molecular weight excluding hydrogens is 434 g/mol. The summed E-state index contributed by atoms with van der Waals surface area (Å²) in [6.07, 6.45) is 1.70. The topological polar surface area (TPSA) is 64.6 Å². The molecule has 0 bridgehead atoms. The van der Waals surface area contributed by atoms with Crippen molar-refractivity contribution in [3.8, 4) is 11.5 Å². The SMILES string of the molecule is COc1cccc(OCC(=O)N(Cc2ccccn2)c2nc3c(C)c(Cl)ccc3s2)c1. The van der Waals surface area contributed by atoms with E-state index < -0.39 is 0 Å². The van der Waals surface area contributed by atoms with E-state index >= 15 is 0 Å². The van der Waals surface area contributed by atoms with Gasteiger partial charge in [-0.2, -0.15) is 0 Å². The third-order valence-electron chi connectivity index (χ3n) is 4.72. The minimum absolute atomic E-state index is 0.143. The van der Waals surface area contributed by atoms with Gasteiger partial charge in [-0.05, 0) is 48.9 Å². The third-order valence-corrected chi connectivity index (χ3v) is 6.17. The zero-order valence-corrected chi connectivity index (χ0v) is 18.6. The van der Waals surface area contributed by atoms with Crippen molar-refractivity contribution in [2.75, 3.05) is 18.6 Å². The van der Waals surface area contributed by atoms with Gasteiger partial charge < -0.3 is 9.47 Å². The van der Waals surface area contributed by atoms with Crippen molar-refractivity contribution in [3.05, 3.63) is 77.1 Å². The Kier molecular flexibility index (Phi) is 6.34. The number of hydrogen-bond acceptors (Lipinski definition) is 6. The van der Waals surface area contributed by atoms with Gasteiger partial charge in [0.05, 0.1) is 29.6 Å². The normalized spacial score (nSPS) is 10.8. The lowest BCUT2D eigenvalue weighted by Gasteiger charge is -2.19. The van der Waals surface area contributed by atoms with Gasteiger partial charge in [-0.1, -0.05) is 35.1 Å². The first kappa shape index (κ1) is 21.1. The number of hydrogen-bond donors (Lipinski definition) is 0. The molecule has 2 aromatic heterocycles. The fourth-order valence-corrected chi connectivity index (χ4v) is 4.23. The highest BCUT2D eigenvalue weighted by Gasteiger charge is 2.22. The average molecular weight is 454 g/mol. The predicted octanol–water partition coefficient (Wildman–Crippen LogP) is 5.27. The van der Waals surface area contributed by atoms with Crippen LogP contribution in [0.4, 0.5) is 5.13 Å². The molecule has 0 aliphatic rings. The molecule has 0 atom stereocenters. The number of nitrogens with zero attached hydrogens (tertiary/aromatic N) is 3. The molecule has 4 aromatic rings. The Bertz CT molecular complexity index is 1210. The molecule has 0 N–H and O–H groups in total. The van der Waals surface area contributed by atoms with Crippen molar-refractivity contribution >= 4 is 44.2 Å². The molecule has 2 aromatic carbocycles. The van der Waals surface area contributed by atoms with Crippen molar-refractivity contribution in [1.82, 2.24) is 9.97 Å². The Hall–Kier alpha value is -3.16. The summed E-state index contributed by atoms with van der Waals surface area (Å²) in [5.41, 5.74) is 2.44. The van der Waals surface area contributed by atoms with Gasteiger partial charge in [0.1, 0.15) is 11.5 Å². The number of carbonyl (C=O) groups excluding carboxylic acids is 1. The zero-order chi connectivity index (χ0) is 21.8. The first-order chi connectivity index (χ1) is 15.0. The van der Waals surface area contributed by atoms with Gasteiger partial charge in [0.15, 0.2) is 11.7 Å². The van der Waals surface area contributed by atoms with Gasteiger partial charge in [0.2, 0.25) is 0 Å². The molecule has 4 rings (SSSR count). The minimum atomic E-state index is -0.226. The summed E-state index contributed by atoms with van der Waals surface area (Å²) < 4.78 is 11.9. The van der Waals surface area contributed by atoms with Crippen molar-refractivity contribution in [1.29, 1.82) is 0 Å². The number of amides is 1. The molecule has 31 heavy (non-hydrogen) atoms. The van der Waals surface area contributed by atoms with E-state index in [4.69, 9.17) is 26.1 Å². The van der Waals surface area contributed by atoms with Gasteiger partial charge >= 0.3 is 0 Å². The van der Waals surface area contributed by atoms with E-state index in [2.05, 4.69) is 4.98 Å². The Balaban J connectivity index is 1.62. The van der Waals surface area contributed by atoms with Gasteiger partial charge in [-0.25, -0.2) is 4.98 Å². The Morgan fingerprint density at radius 1 is 1.13 bits per heavy atom. The van der Waals surface area contributed by atoms with Crippen LogP contribution in [0.15, 0.2) is 60.8 Å². The second kappa shape index (κ2) is 9.32. The molecule has 0 saturated carbocycles. The van der Waals surface area contributed by atoms with Crippen LogP contribution in [0.2, 0.25) is 5.02 Å². The molecule has 0 aliphatic heterocycles. The minimum Gasteiger partial charge on any atom is -0.497 e. The Labute approximate surface area is 189 Å². The molecule has 0 aliphatic carbocycles. The number of benzene rings is 2. The fraction of sp³-hybridized carbons (Fsp3) is 0.174. The summed E-state index contributed by atoms with van der Waals surface area (Å²) in [5.74, 6) is 0.988. The standard InChI is InChI=1S/C23H20ClN3O3S/c1-15-19(24)9-10-20-22(15)26-23(31-20)27(13-16-6-3-4-11-25-16)21(28)14-30-18-8-5-7-17(12-18)29-2/h3-12H,13-14H2,1-2H3.